The topological polar surface area (TPSA) is 82.3 Å². The summed E-state index contributed by atoms with van der Waals surface area (Å²) < 4.78 is 5.70. The second-order valence-corrected chi connectivity index (χ2v) is 9.58. The zero-order valence-corrected chi connectivity index (χ0v) is 21.1. The molecule has 2 N–H and O–H groups in total. The van der Waals surface area contributed by atoms with Crippen LogP contribution in [0.3, 0.4) is 0 Å². The van der Waals surface area contributed by atoms with Crippen LogP contribution in [-0.2, 0) is 22.5 Å². The monoisotopic (exact) mass is 480 g/mol. The molecule has 0 aliphatic heterocycles. The molecule has 2 aromatic rings. The van der Waals surface area contributed by atoms with Gasteiger partial charge in [-0.15, -0.1) is 0 Å². The summed E-state index contributed by atoms with van der Waals surface area (Å²) in [5.74, 6) is -0.273. The number of ether oxygens (including phenoxy) is 1. The summed E-state index contributed by atoms with van der Waals surface area (Å²) in [7, 11) is 0. The van der Waals surface area contributed by atoms with Crippen molar-refractivity contribution in [1.82, 2.24) is 4.98 Å². The molecule has 1 aliphatic carbocycles. The average Bonchev–Trinajstić information content (AvgIpc) is 2.79. The van der Waals surface area contributed by atoms with Crippen molar-refractivity contribution in [2.45, 2.75) is 53.5 Å². The Morgan fingerprint density at radius 2 is 1.91 bits per heavy atom. The van der Waals surface area contributed by atoms with E-state index in [0.717, 1.165) is 39.9 Å². The van der Waals surface area contributed by atoms with Crippen LogP contribution < -0.4 is 5.73 Å². The van der Waals surface area contributed by atoms with Gasteiger partial charge >= 0.3 is 5.97 Å². The fourth-order valence-corrected chi connectivity index (χ4v) is 4.38. The minimum atomic E-state index is -0.402. The summed E-state index contributed by atoms with van der Waals surface area (Å²) in [5, 5.41) is -0.360. The summed E-state index contributed by atoms with van der Waals surface area (Å²) in [6, 6.07) is 8.10. The number of esters is 1. The van der Waals surface area contributed by atoms with E-state index < -0.39 is 5.97 Å². The van der Waals surface area contributed by atoms with E-state index in [2.05, 4.69) is 13.8 Å². The van der Waals surface area contributed by atoms with E-state index in [0.29, 0.717) is 30.0 Å². The quantitative estimate of drug-likeness (QED) is 0.360. The van der Waals surface area contributed by atoms with E-state index in [-0.39, 0.29) is 24.3 Å². The Bertz CT molecular complexity index is 1120. The fourth-order valence-electron chi connectivity index (χ4n) is 4.22. The van der Waals surface area contributed by atoms with E-state index in [4.69, 9.17) is 27.1 Å². The Morgan fingerprint density at radius 1 is 1.21 bits per heavy atom. The molecular weight excluding hydrogens is 448 g/mol. The van der Waals surface area contributed by atoms with Gasteiger partial charge in [0.05, 0.1) is 23.8 Å². The standard InChI is InChI=1S/C28H33ClN2O3/c1-17(2)15-24-23(16-30)26(21-9-5-18(3)6-10-21)25(19(4)31-24)28(33)34-14-13-20-7-11-22(12-8-20)27(29)32/h5-11,17,22H,12-16,30H2,1-4H3. The SMILES string of the molecule is Cc1ccc(-c2c(CN)c(CC(C)C)nc(C)c2C(=O)OCCC2=CCC(C(=O)Cl)C=C2)cc1. The number of pyridine rings is 1. The smallest absolute Gasteiger partial charge is 0.340 e. The van der Waals surface area contributed by atoms with Crippen LogP contribution in [0.15, 0.2) is 48.1 Å². The summed E-state index contributed by atoms with van der Waals surface area (Å²) in [5.41, 5.74) is 13.1. The number of carbonyl (C=O) groups is 2. The molecule has 0 bridgehead atoms. The molecule has 6 heteroatoms. The molecule has 0 saturated carbocycles. The first-order chi connectivity index (χ1) is 16.2. The number of hydrogen-bond donors (Lipinski definition) is 1. The third-order valence-corrected chi connectivity index (χ3v) is 6.29. The van der Waals surface area contributed by atoms with Crippen molar-refractivity contribution in [3.05, 3.63) is 76.1 Å². The van der Waals surface area contributed by atoms with Gasteiger partial charge in [0.15, 0.2) is 0 Å². The van der Waals surface area contributed by atoms with Crippen LogP contribution in [-0.4, -0.2) is 22.8 Å². The second-order valence-electron chi connectivity index (χ2n) is 9.21. The van der Waals surface area contributed by atoms with Gasteiger partial charge in [-0.05, 0) is 60.9 Å². The van der Waals surface area contributed by atoms with Crippen LogP contribution in [0.2, 0.25) is 0 Å². The first kappa shape index (κ1) is 25.9. The van der Waals surface area contributed by atoms with Crippen molar-refractivity contribution in [3.63, 3.8) is 0 Å². The minimum absolute atomic E-state index is 0.229. The molecule has 1 unspecified atom stereocenters. The molecule has 0 amide bonds. The summed E-state index contributed by atoms with van der Waals surface area (Å²) in [6.45, 7) is 8.69. The molecule has 1 aliphatic rings. The normalized spacial score (nSPS) is 15.4. The van der Waals surface area contributed by atoms with Crippen molar-refractivity contribution < 1.29 is 14.3 Å². The minimum Gasteiger partial charge on any atom is -0.462 e. The van der Waals surface area contributed by atoms with Crippen LogP contribution in [0, 0.1) is 25.7 Å². The number of carbonyl (C=O) groups excluding carboxylic acids is 2. The molecule has 180 valence electrons. The number of allylic oxidation sites excluding steroid dienone is 3. The van der Waals surface area contributed by atoms with Crippen LogP contribution in [0.4, 0.5) is 0 Å². The van der Waals surface area contributed by atoms with Crippen LogP contribution in [0.25, 0.3) is 11.1 Å². The Hall–Kier alpha value is -2.76. The Balaban J connectivity index is 1.89. The Kier molecular flexibility index (Phi) is 8.81. The molecule has 5 nitrogen and oxygen atoms in total. The van der Waals surface area contributed by atoms with E-state index in [1.54, 1.807) is 6.08 Å². The summed E-state index contributed by atoms with van der Waals surface area (Å²) >= 11 is 5.57. The van der Waals surface area contributed by atoms with Gasteiger partial charge in [0, 0.05) is 24.2 Å². The zero-order valence-electron chi connectivity index (χ0n) is 20.4. The van der Waals surface area contributed by atoms with Crippen molar-refractivity contribution in [2.75, 3.05) is 6.61 Å². The predicted octanol–water partition coefficient (Wildman–Crippen LogP) is 5.84. The van der Waals surface area contributed by atoms with Crippen LogP contribution in [0.1, 0.15) is 59.6 Å². The number of halogens is 1. The number of aryl methyl sites for hydroxylation is 2. The van der Waals surface area contributed by atoms with Crippen molar-refractivity contribution in [3.8, 4) is 11.1 Å². The van der Waals surface area contributed by atoms with Crippen molar-refractivity contribution in [1.29, 1.82) is 0 Å². The molecule has 0 radical (unpaired) electrons. The first-order valence-electron chi connectivity index (χ1n) is 11.7. The maximum Gasteiger partial charge on any atom is 0.340 e. The highest BCUT2D eigenvalue weighted by molar-refractivity contribution is 6.64. The number of hydrogen-bond acceptors (Lipinski definition) is 5. The molecule has 1 heterocycles. The lowest BCUT2D eigenvalue weighted by atomic mass is 9.90. The Labute approximate surface area is 207 Å². The van der Waals surface area contributed by atoms with E-state index >= 15 is 0 Å². The lowest BCUT2D eigenvalue weighted by molar-refractivity contribution is -0.113. The maximum absolute atomic E-state index is 13.3. The molecule has 0 fully saturated rings. The largest absolute Gasteiger partial charge is 0.462 e. The zero-order chi connectivity index (χ0) is 24.8. The van der Waals surface area contributed by atoms with Crippen molar-refractivity contribution in [2.24, 2.45) is 17.6 Å². The van der Waals surface area contributed by atoms with Gasteiger partial charge in [-0.3, -0.25) is 9.78 Å². The van der Waals surface area contributed by atoms with E-state index in [1.807, 2.05) is 50.3 Å². The highest BCUT2D eigenvalue weighted by Crippen LogP contribution is 2.33. The molecule has 1 aromatic carbocycles. The molecule has 0 saturated heterocycles. The summed E-state index contributed by atoms with van der Waals surface area (Å²) in [6.07, 6.45) is 7.56. The summed E-state index contributed by atoms with van der Waals surface area (Å²) in [4.78, 5) is 29.4. The van der Waals surface area contributed by atoms with Crippen LogP contribution in [0.5, 0.6) is 0 Å². The maximum atomic E-state index is 13.3. The predicted molar refractivity (Wildman–Crippen MR) is 137 cm³/mol. The lowest BCUT2D eigenvalue weighted by Gasteiger charge is -2.20. The van der Waals surface area contributed by atoms with Crippen LogP contribution >= 0.6 is 11.6 Å². The first-order valence-corrected chi connectivity index (χ1v) is 12.1. The van der Waals surface area contributed by atoms with Gasteiger partial charge in [0.2, 0.25) is 5.24 Å². The molecule has 3 rings (SSSR count). The third-order valence-electron chi connectivity index (χ3n) is 6.01. The Morgan fingerprint density at radius 3 is 2.47 bits per heavy atom. The molecule has 0 spiro atoms. The lowest BCUT2D eigenvalue weighted by Crippen LogP contribution is -2.17. The van der Waals surface area contributed by atoms with Gasteiger partial charge in [-0.25, -0.2) is 4.79 Å². The number of nitrogens with two attached hydrogens (primary N) is 1. The molecular formula is C28H33ClN2O3. The van der Waals surface area contributed by atoms with Gasteiger partial charge in [-0.2, -0.15) is 0 Å². The van der Waals surface area contributed by atoms with Crippen molar-refractivity contribution >= 4 is 22.8 Å². The number of rotatable bonds is 9. The van der Waals surface area contributed by atoms with Gasteiger partial charge < -0.3 is 10.5 Å². The molecule has 1 aromatic heterocycles. The third kappa shape index (κ3) is 6.22. The van der Waals surface area contributed by atoms with Gasteiger partial charge in [0.1, 0.15) is 0 Å². The average molecular weight is 481 g/mol. The number of benzene rings is 1. The number of nitrogens with zero attached hydrogens (tertiary/aromatic N) is 1. The molecule has 1 atom stereocenters. The van der Waals surface area contributed by atoms with E-state index in [9.17, 15) is 9.59 Å². The van der Waals surface area contributed by atoms with Gasteiger partial charge in [0.25, 0.3) is 0 Å². The fraction of sp³-hybridized carbons (Fsp3) is 0.393. The second kappa shape index (κ2) is 11.6. The highest BCUT2D eigenvalue weighted by atomic mass is 35.5. The van der Waals surface area contributed by atoms with E-state index in [1.165, 1.54) is 0 Å². The number of aromatic nitrogens is 1. The molecule has 34 heavy (non-hydrogen) atoms. The highest BCUT2D eigenvalue weighted by Gasteiger charge is 2.25. The van der Waals surface area contributed by atoms with Gasteiger partial charge in [-0.1, -0.05) is 61.9 Å².